The lowest BCUT2D eigenvalue weighted by molar-refractivity contribution is -0.142. The fourth-order valence-electron chi connectivity index (χ4n) is 1.67. The highest BCUT2D eigenvalue weighted by Crippen LogP contribution is 2.13. The van der Waals surface area contributed by atoms with Crippen LogP contribution in [0.3, 0.4) is 0 Å². The first kappa shape index (κ1) is 17.7. The number of hydrogen-bond acceptors (Lipinski definition) is 4. The van der Waals surface area contributed by atoms with Crippen molar-refractivity contribution in [3.05, 3.63) is 27.8 Å². The Morgan fingerprint density at radius 1 is 1.29 bits per heavy atom. The second kappa shape index (κ2) is 9.56. The van der Waals surface area contributed by atoms with Crippen LogP contribution in [0, 0.1) is 3.57 Å². The molecule has 0 unspecified atom stereocenters. The van der Waals surface area contributed by atoms with Gasteiger partial charge in [-0.3, -0.25) is 4.79 Å². The number of carboxylic acid groups (broad SMARTS) is 1. The van der Waals surface area contributed by atoms with Crippen LogP contribution in [0.5, 0.6) is 5.75 Å². The van der Waals surface area contributed by atoms with Crippen LogP contribution < -0.4 is 15.8 Å². The fourth-order valence-corrected chi connectivity index (χ4v) is 2.03. The van der Waals surface area contributed by atoms with Crippen molar-refractivity contribution in [2.24, 2.45) is 5.73 Å². The molecule has 21 heavy (non-hydrogen) atoms. The van der Waals surface area contributed by atoms with E-state index in [4.69, 9.17) is 15.6 Å². The summed E-state index contributed by atoms with van der Waals surface area (Å²) in [6, 6.07) is 6.33. The molecule has 1 aromatic carbocycles. The highest BCUT2D eigenvalue weighted by atomic mass is 127. The van der Waals surface area contributed by atoms with Crippen LogP contribution in [-0.2, 0) is 9.59 Å². The van der Waals surface area contributed by atoms with Crippen molar-refractivity contribution in [2.75, 3.05) is 13.2 Å². The molecule has 0 saturated carbocycles. The van der Waals surface area contributed by atoms with Gasteiger partial charge < -0.3 is 20.9 Å². The maximum atomic E-state index is 11.7. The largest absolute Gasteiger partial charge is 0.484 e. The Hall–Kier alpha value is -1.35. The van der Waals surface area contributed by atoms with Crippen molar-refractivity contribution in [1.82, 2.24) is 5.32 Å². The van der Waals surface area contributed by atoms with Gasteiger partial charge in [-0.2, -0.15) is 0 Å². The van der Waals surface area contributed by atoms with E-state index < -0.39 is 17.9 Å². The van der Waals surface area contributed by atoms with Crippen molar-refractivity contribution in [2.45, 2.75) is 25.3 Å². The number of hydrogen-bond donors (Lipinski definition) is 3. The van der Waals surface area contributed by atoms with Crippen molar-refractivity contribution in [3.8, 4) is 5.75 Å². The third-order valence-electron chi connectivity index (χ3n) is 2.76. The molecule has 1 atom stereocenters. The van der Waals surface area contributed by atoms with Gasteiger partial charge in [0.15, 0.2) is 6.61 Å². The SMILES string of the molecule is NCCCC[C@H](NC(=O)COc1ccc(I)cc1)C(=O)O. The average Bonchev–Trinajstić information content (AvgIpc) is 2.45. The van der Waals surface area contributed by atoms with Crippen LogP contribution in [0.15, 0.2) is 24.3 Å². The number of halogens is 1. The van der Waals surface area contributed by atoms with Gasteiger partial charge in [-0.05, 0) is 72.7 Å². The van der Waals surface area contributed by atoms with Crippen LogP contribution in [0.25, 0.3) is 0 Å². The first-order chi connectivity index (χ1) is 10.0. The molecule has 0 heterocycles. The molecule has 0 aliphatic carbocycles. The molecule has 0 aliphatic rings. The van der Waals surface area contributed by atoms with Gasteiger partial charge in [0, 0.05) is 3.57 Å². The zero-order valence-electron chi connectivity index (χ0n) is 11.5. The van der Waals surface area contributed by atoms with E-state index in [0.29, 0.717) is 25.1 Å². The van der Waals surface area contributed by atoms with Gasteiger partial charge in [-0.25, -0.2) is 4.79 Å². The Morgan fingerprint density at radius 3 is 2.52 bits per heavy atom. The Labute approximate surface area is 137 Å². The standard InChI is InChI=1S/C14H19IN2O4/c15-10-4-6-11(7-5-10)21-9-13(18)17-12(14(19)20)3-1-2-8-16/h4-7,12H,1-3,8-9,16H2,(H,17,18)(H,19,20)/t12-/m0/s1. The highest BCUT2D eigenvalue weighted by Gasteiger charge is 2.19. The second-order valence-corrected chi connectivity index (χ2v) is 5.73. The third kappa shape index (κ3) is 7.28. The van der Waals surface area contributed by atoms with Gasteiger partial charge in [-0.1, -0.05) is 0 Å². The molecule has 4 N–H and O–H groups in total. The van der Waals surface area contributed by atoms with Crippen molar-refractivity contribution in [1.29, 1.82) is 0 Å². The number of amides is 1. The first-order valence-electron chi connectivity index (χ1n) is 6.63. The summed E-state index contributed by atoms with van der Waals surface area (Å²) in [5, 5.41) is 11.5. The van der Waals surface area contributed by atoms with E-state index >= 15 is 0 Å². The molecule has 0 bridgehead atoms. The molecular formula is C14H19IN2O4. The second-order valence-electron chi connectivity index (χ2n) is 4.49. The number of carboxylic acids is 1. The topological polar surface area (TPSA) is 102 Å². The van der Waals surface area contributed by atoms with Crippen molar-refractivity contribution in [3.63, 3.8) is 0 Å². The number of benzene rings is 1. The Kier molecular flexibility index (Phi) is 8.06. The molecule has 0 fully saturated rings. The van der Waals surface area contributed by atoms with E-state index in [1.165, 1.54) is 0 Å². The fraction of sp³-hybridized carbons (Fsp3) is 0.429. The molecule has 1 rings (SSSR count). The molecular weight excluding hydrogens is 387 g/mol. The number of nitrogens with two attached hydrogens (primary N) is 1. The normalized spacial score (nSPS) is 11.7. The number of aliphatic carboxylic acids is 1. The minimum Gasteiger partial charge on any atom is -0.484 e. The Balaban J connectivity index is 2.39. The van der Waals surface area contributed by atoms with Gasteiger partial charge in [0.2, 0.25) is 0 Å². The monoisotopic (exact) mass is 406 g/mol. The maximum absolute atomic E-state index is 11.7. The van der Waals surface area contributed by atoms with Gasteiger partial charge in [0.1, 0.15) is 11.8 Å². The number of carbonyl (C=O) groups is 2. The van der Waals surface area contributed by atoms with Crippen LogP contribution in [0.1, 0.15) is 19.3 Å². The van der Waals surface area contributed by atoms with E-state index in [-0.39, 0.29) is 6.61 Å². The zero-order chi connectivity index (χ0) is 15.7. The van der Waals surface area contributed by atoms with Gasteiger partial charge >= 0.3 is 5.97 Å². The highest BCUT2D eigenvalue weighted by molar-refractivity contribution is 14.1. The van der Waals surface area contributed by atoms with Crippen LogP contribution >= 0.6 is 22.6 Å². The molecule has 0 aromatic heterocycles. The molecule has 1 amide bonds. The van der Waals surface area contributed by atoms with Gasteiger partial charge in [0.25, 0.3) is 5.91 Å². The predicted molar refractivity (Wildman–Crippen MR) is 87.1 cm³/mol. The number of unbranched alkanes of at least 4 members (excludes halogenated alkanes) is 1. The summed E-state index contributed by atoms with van der Waals surface area (Å²) in [6.07, 6.45) is 1.76. The molecule has 0 aliphatic heterocycles. The number of ether oxygens (including phenoxy) is 1. The van der Waals surface area contributed by atoms with E-state index in [2.05, 4.69) is 27.9 Å². The summed E-state index contributed by atoms with van der Waals surface area (Å²) in [5.41, 5.74) is 5.36. The minimum absolute atomic E-state index is 0.207. The van der Waals surface area contributed by atoms with Crippen LogP contribution in [0.4, 0.5) is 0 Å². The molecule has 7 heteroatoms. The molecule has 116 valence electrons. The zero-order valence-corrected chi connectivity index (χ0v) is 13.7. The quantitative estimate of drug-likeness (QED) is 0.425. The third-order valence-corrected chi connectivity index (χ3v) is 3.48. The lowest BCUT2D eigenvalue weighted by Gasteiger charge is -2.14. The molecule has 1 aromatic rings. The Bertz CT molecular complexity index is 465. The smallest absolute Gasteiger partial charge is 0.326 e. The molecule has 0 spiro atoms. The maximum Gasteiger partial charge on any atom is 0.326 e. The van der Waals surface area contributed by atoms with Crippen LogP contribution in [0.2, 0.25) is 0 Å². The van der Waals surface area contributed by atoms with E-state index in [9.17, 15) is 9.59 Å². The van der Waals surface area contributed by atoms with Gasteiger partial charge in [0.05, 0.1) is 0 Å². The number of carbonyl (C=O) groups excluding carboxylic acids is 1. The van der Waals surface area contributed by atoms with Gasteiger partial charge in [-0.15, -0.1) is 0 Å². The minimum atomic E-state index is -1.05. The average molecular weight is 406 g/mol. The summed E-state index contributed by atoms with van der Waals surface area (Å²) in [5.74, 6) is -0.927. The summed E-state index contributed by atoms with van der Waals surface area (Å²) < 4.78 is 6.37. The summed E-state index contributed by atoms with van der Waals surface area (Å²) in [7, 11) is 0. The van der Waals surface area contributed by atoms with E-state index in [1.807, 2.05) is 12.1 Å². The molecule has 0 radical (unpaired) electrons. The predicted octanol–water partition coefficient (Wildman–Crippen LogP) is 1.37. The van der Waals surface area contributed by atoms with Crippen molar-refractivity contribution < 1.29 is 19.4 Å². The lowest BCUT2D eigenvalue weighted by atomic mass is 10.1. The molecule has 6 nitrogen and oxygen atoms in total. The number of nitrogens with one attached hydrogen (secondary N) is 1. The lowest BCUT2D eigenvalue weighted by Crippen LogP contribution is -2.43. The van der Waals surface area contributed by atoms with E-state index in [0.717, 1.165) is 9.99 Å². The number of rotatable bonds is 9. The Morgan fingerprint density at radius 2 is 1.95 bits per heavy atom. The summed E-state index contributed by atoms with van der Waals surface area (Å²) in [4.78, 5) is 22.8. The van der Waals surface area contributed by atoms with E-state index in [1.54, 1.807) is 12.1 Å². The molecule has 0 saturated heterocycles. The summed E-state index contributed by atoms with van der Waals surface area (Å²) >= 11 is 2.17. The van der Waals surface area contributed by atoms with Crippen LogP contribution in [-0.4, -0.2) is 36.2 Å². The first-order valence-corrected chi connectivity index (χ1v) is 7.71. The summed E-state index contributed by atoms with van der Waals surface area (Å²) in [6.45, 7) is 0.303. The van der Waals surface area contributed by atoms with Crippen molar-refractivity contribution >= 4 is 34.5 Å².